The zero-order valence-corrected chi connectivity index (χ0v) is 12.8. The van der Waals surface area contributed by atoms with Crippen LogP contribution in [0, 0.1) is 5.92 Å². The van der Waals surface area contributed by atoms with Gasteiger partial charge in [-0.15, -0.1) is 11.3 Å². The monoisotopic (exact) mass is 313 g/mol. The number of thiophene rings is 1. The Morgan fingerprint density at radius 3 is 2.57 bits per heavy atom. The van der Waals surface area contributed by atoms with E-state index >= 15 is 0 Å². The molecule has 21 heavy (non-hydrogen) atoms. The first-order valence-corrected chi connectivity index (χ1v) is 7.28. The Labute approximate surface area is 126 Å². The van der Waals surface area contributed by atoms with E-state index in [1.807, 2.05) is 13.8 Å². The van der Waals surface area contributed by atoms with Crippen LogP contribution >= 0.6 is 11.3 Å². The van der Waals surface area contributed by atoms with Gasteiger partial charge in [-0.25, -0.2) is 0 Å². The molecule has 1 aromatic rings. The molecule has 0 spiro atoms. The summed E-state index contributed by atoms with van der Waals surface area (Å²) in [4.78, 5) is 35.5. The Kier molecular flexibility index (Phi) is 6.32. The number of hydrogen-bond donors (Lipinski definition) is 3. The number of primary amides is 1. The molecular weight excluding hydrogens is 294 g/mol. The highest BCUT2D eigenvalue weighted by atomic mass is 32.1. The van der Waals surface area contributed by atoms with Gasteiger partial charge in [0.25, 0.3) is 5.91 Å². The van der Waals surface area contributed by atoms with Gasteiger partial charge < -0.3 is 16.2 Å². The second-order valence-electron chi connectivity index (χ2n) is 5.03. The normalized spacial score (nSPS) is 10.9. The number of nitrogens with zero attached hydrogens (tertiary/aromatic N) is 1. The summed E-state index contributed by atoms with van der Waals surface area (Å²) in [7, 11) is 0. The fraction of sp³-hybridized carbons (Fsp3) is 0.462. The molecular formula is C13H19N3O4S. The standard InChI is InChI=1S/C13H19N3O4S/c1-8(2)5-16(7-11(18)19)6-10(17)15-13-9(12(14)20)3-4-21-13/h3-4,8H,5-7H2,1-2H3,(H2,14,20)(H,15,17)(H,18,19). The van der Waals surface area contributed by atoms with Gasteiger partial charge in [0.2, 0.25) is 5.91 Å². The fourth-order valence-corrected chi connectivity index (χ4v) is 2.67. The number of carbonyl (C=O) groups excluding carboxylic acids is 2. The summed E-state index contributed by atoms with van der Waals surface area (Å²) >= 11 is 1.19. The van der Waals surface area contributed by atoms with Gasteiger partial charge in [-0.05, 0) is 17.4 Å². The molecule has 1 rings (SSSR count). The van der Waals surface area contributed by atoms with E-state index in [2.05, 4.69) is 5.32 Å². The SMILES string of the molecule is CC(C)CN(CC(=O)O)CC(=O)Nc1sccc1C(N)=O. The average molecular weight is 313 g/mol. The Morgan fingerprint density at radius 2 is 2.05 bits per heavy atom. The number of amides is 2. The molecule has 1 heterocycles. The lowest BCUT2D eigenvalue weighted by Gasteiger charge is -2.21. The van der Waals surface area contributed by atoms with E-state index in [1.54, 1.807) is 10.3 Å². The number of carbonyl (C=O) groups is 3. The van der Waals surface area contributed by atoms with E-state index in [4.69, 9.17) is 10.8 Å². The van der Waals surface area contributed by atoms with Crippen LogP contribution in [0.1, 0.15) is 24.2 Å². The molecule has 0 saturated heterocycles. The van der Waals surface area contributed by atoms with Crippen LogP contribution in [0.2, 0.25) is 0 Å². The van der Waals surface area contributed by atoms with Crippen molar-refractivity contribution in [1.82, 2.24) is 4.90 Å². The predicted octanol–water partition coefficient (Wildman–Crippen LogP) is 0.828. The van der Waals surface area contributed by atoms with Crippen LogP contribution in [0.5, 0.6) is 0 Å². The molecule has 0 aliphatic rings. The summed E-state index contributed by atoms with van der Waals surface area (Å²) in [5, 5.41) is 13.5. The van der Waals surface area contributed by atoms with Crippen LogP contribution in [0.4, 0.5) is 5.00 Å². The molecule has 1 aromatic heterocycles. The molecule has 0 atom stereocenters. The summed E-state index contributed by atoms with van der Waals surface area (Å²) in [5.74, 6) is -1.74. The van der Waals surface area contributed by atoms with Gasteiger partial charge in [0.15, 0.2) is 0 Å². The minimum atomic E-state index is -0.989. The molecule has 2 amide bonds. The topological polar surface area (TPSA) is 113 Å². The van der Waals surface area contributed by atoms with Gasteiger partial charge in [-0.1, -0.05) is 13.8 Å². The van der Waals surface area contributed by atoms with Crippen LogP contribution in [-0.4, -0.2) is 47.4 Å². The Bertz CT molecular complexity index is 527. The van der Waals surface area contributed by atoms with Crippen molar-refractivity contribution in [1.29, 1.82) is 0 Å². The summed E-state index contributed by atoms with van der Waals surface area (Å²) in [5.41, 5.74) is 5.45. The summed E-state index contributed by atoms with van der Waals surface area (Å²) in [6.45, 7) is 4.11. The number of nitrogens with one attached hydrogen (secondary N) is 1. The minimum absolute atomic E-state index is 0.0550. The molecule has 0 aromatic carbocycles. The summed E-state index contributed by atoms with van der Waals surface area (Å²) < 4.78 is 0. The van der Waals surface area contributed by atoms with Gasteiger partial charge in [-0.2, -0.15) is 0 Å². The number of carboxylic acid groups (broad SMARTS) is 1. The predicted molar refractivity (Wildman–Crippen MR) is 80.4 cm³/mol. The van der Waals surface area contributed by atoms with Crippen LogP contribution in [-0.2, 0) is 9.59 Å². The zero-order valence-electron chi connectivity index (χ0n) is 12.0. The van der Waals surface area contributed by atoms with Gasteiger partial charge in [0.1, 0.15) is 5.00 Å². The molecule has 0 aliphatic heterocycles. The Morgan fingerprint density at radius 1 is 1.38 bits per heavy atom. The number of hydrogen-bond acceptors (Lipinski definition) is 5. The highest BCUT2D eigenvalue weighted by Gasteiger charge is 2.17. The van der Waals surface area contributed by atoms with E-state index in [0.29, 0.717) is 11.5 Å². The molecule has 0 fully saturated rings. The third kappa shape index (κ3) is 5.92. The van der Waals surface area contributed by atoms with Gasteiger partial charge in [0.05, 0.1) is 18.7 Å². The number of aliphatic carboxylic acids is 1. The lowest BCUT2D eigenvalue weighted by Crippen LogP contribution is -2.39. The number of carboxylic acids is 1. The minimum Gasteiger partial charge on any atom is -0.480 e. The number of anilines is 1. The van der Waals surface area contributed by atoms with E-state index in [1.165, 1.54) is 17.4 Å². The quantitative estimate of drug-likeness (QED) is 0.658. The average Bonchev–Trinajstić information content (AvgIpc) is 2.74. The lowest BCUT2D eigenvalue weighted by molar-refractivity contribution is -0.138. The third-order valence-electron chi connectivity index (χ3n) is 2.53. The smallest absolute Gasteiger partial charge is 0.317 e. The van der Waals surface area contributed by atoms with Crippen LogP contribution in [0.25, 0.3) is 0 Å². The first kappa shape index (κ1) is 17.1. The third-order valence-corrected chi connectivity index (χ3v) is 3.36. The Hall–Kier alpha value is -1.93. The van der Waals surface area contributed by atoms with Crippen molar-refractivity contribution in [2.45, 2.75) is 13.8 Å². The first-order chi connectivity index (χ1) is 9.79. The molecule has 0 bridgehead atoms. The molecule has 116 valence electrons. The molecule has 8 heteroatoms. The van der Waals surface area contributed by atoms with Crippen molar-refractivity contribution in [3.05, 3.63) is 17.0 Å². The summed E-state index contributed by atoms with van der Waals surface area (Å²) in [6.07, 6.45) is 0. The Balaban J connectivity index is 2.66. The molecule has 0 unspecified atom stereocenters. The van der Waals surface area contributed by atoms with Gasteiger partial charge in [-0.3, -0.25) is 19.3 Å². The van der Waals surface area contributed by atoms with Crippen molar-refractivity contribution in [2.24, 2.45) is 11.7 Å². The van der Waals surface area contributed by atoms with Crippen molar-refractivity contribution in [2.75, 3.05) is 25.0 Å². The van der Waals surface area contributed by atoms with Crippen LogP contribution in [0.15, 0.2) is 11.4 Å². The maximum atomic E-state index is 12.0. The van der Waals surface area contributed by atoms with E-state index in [-0.39, 0.29) is 30.5 Å². The molecule has 0 aliphatic carbocycles. The maximum Gasteiger partial charge on any atom is 0.317 e. The van der Waals surface area contributed by atoms with Gasteiger partial charge >= 0.3 is 5.97 Å². The van der Waals surface area contributed by atoms with Crippen molar-refractivity contribution >= 4 is 34.1 Å². The van der Waals surface area contributed by atoms with E-state index < -0.39 is 11.9 Å². The largest absolute Gasteiger partial charge is 0.480 e. The van der Waals surface area contributed by atoms with Crippen LogP contribution < -0.4 is 11.1 Å². The van der Waals surface area contributed by atoms with Crippen molar-refractivity contribution in [3.8, 4) is 0 Å². The highest BCUT2D eigenvalue weighted by molar-refractivity contribution is 7.14. The van der Waals surface area contributed by atoms with Gasteiger partial charge in [0, 0.05) is 6.54 Å². The second kappa shape index (κ2) is 7.75. The molecule has 0 saturated carbocycles. The lowest BCUT2D eigenvalue weighted by atomic mass is 10.2. The second-order valence-corrected chi connectivity index (χ2v) is 5.95. The zero-order chi connectivity index (χ0) is 16.0. The van der Waals surface area contributed by atoms with E-state index in [0.717, 1.165) is 0 Å². The number of nitrogens with two attached hydrogens (primary N) is 1. The molecule has 0 radical (unpaired) electrons. The molecule has 7 nitrogen and oxygen atoms in total. The fourth-order valence-electron chi connectivity index (χ4n) is 1.86. The number of rotatable bonds is 8. The van der Waals surface area contributed by atoms with Crippen LogP contribution in [0.3, 0.4) is 0 Å². The maximum absolute atomic E-state index is 12.0. The van der Waals surface area contributed by atoms with Crippen molar-refractivity contribution < 1.29 is 19.5 Å². The highest BCUT2D eigenvalue weighted by Crippen LogP contribution is 2.22. The van der Waals surface area contributed by atoms with E-state index in [9.17, 15) is 14.4 Å². The van der Waals surface area contributed by atoms with Crippen molar-refractivity contribution in [3.63, 3.8) is 0 Å². The summed E-state index contributed by atoms with van der Waals surface area (Å²) in [6, 6.07) is 1.53. The molecule has 4 N–H and O–H groups in total. The first-order valence-electron chi connectivity index (χ1n) is 6.41.